The first-order valence-corrected chi connectivity index (χ1v) is 5.97. The molecule has 2 aromatic rings. The molecule has 2 N–H and O–H groups in total. The summed E-state index contributed by atoms with van der Waals surface area (Å²) in [5.41, 5.74) is 5.52. The minimum Gasteiger partial charge on any atom is -0.368 e. The Labute approximate surface area is 103 Å². The van der Waals surface area contributed by atoms with Crippen LogP contribution in [0.3, 0.4) is 0 Å². The largest absolute Gasteiger partial charge is 0.368 e. The Balaban J connectivity index is 2.07. The van der Waals surface area contributed by atoms with Crippen LogP contribution in [0.1, 0.15) is 11.6 Å². The molecule has 1 aromatic heterocycles. The fourth-order valence-electron chi connectivity index (χ4n) is 1.33. The maximum Gasteiger partial charge on any atom is 0.223 e. The highest BCUT2D eigenvalue weighted by molar-refractivity contribution is 7.98. The fourth-order valence-corrected chi connectivity index (χ4v) is 2.12. The van der Waals surface area contributed by atoms with Crippen molar-refractivity contribution in [2.45, 2.75) is 17.6 Å². The number of hydrogen-bond donors (Lipinski definition) is 1. The lowest BCUT2D eigenvalue weighted by Crippen LogP contribution is -2.03. The van der Waals surface area contributed by atoms with Crippen molar-refractivity contribution in [1.29, 1.82) is 0 Å². The molecule has 0 spiro atoms. The number of nitrogens with two attached hydrogens (primary N) is 1. The number of hydrogen-bond acceptors (Lipinski definition) is 5. The zero-order chi connectivity index (χ0) is 12.3. The first-order valence-electron chi connectivity index (χ1n) is 4.99. The zero-order valence-corrected chi connectivity index (χ0v) is 10.0. The molecule has 0 bridgehead atoms. The molecule has 6 heteroatoms. The standard InChI is InChI=1S/C11H11FN4S/c1-7-14-10(16-11(13)15-7)6-17-9-4-2-3-8(12)5-9/h2-5H,6H2,1H3,(H2,13,14,15,16). The molecule has 0 saturated carbocycles. The van der Waals surface area contributed by atoms with E-state index in [1.807, 2.05) is 6.07 Å². The number of thioether (sulfide) groups is 1. The summed E-state index contributed by atoms with van der Waals surface area (Å²) < 4.78 is 12.9. The van der Waals surface area contributed by atoms with Gasteiger partial charge in [-0.15, -0.1) is 11.8 Å². The number of rotatable bonds is 3. The number of benzene rings is 1. The highest BCUT2D eigenvalue weighted by Crippen LogP contribution is 2.21. The molecule has 0 unspecified atom stereocenters. The van der Waals surface area contributed by atoms with Gasteiger partial charge in [0.15, 0.2) is 0 Å². The van der Waals surface area contributed by atoms with E-state index in [0.29, 0.717) is 17.4 Å². The number of nitrogens with zero attached hydrogens (tertiary/aromatic N) is 3. The lowest BCUT2D eigenvalue weighted by atomic mass is 10.4. The summed E-state index contributed by atoms with van der Waals surface area (Å²) in [6, 6.07) is 6.40. The van der Waals surface area contributed by atoms with Crippen molar-refractivity contribution in [3.63, 3.8) is 0 Å². The van der Waals surface area contributed by atoms with E-state index in [-0.39, 0.29) is 11.8 Å². The van der Waals surface area contributed by atoms with Crippen LogP contribution in [-0.2, 0) is 5.75 Å². The normalized spacial score (nSPS) is 10.5. The summed E-state index contributed by atoms with van der Waals surface area (Å²) in [7, 11) is 0. The van der Waals surface area contributed by atoms with Crippen LogP contribution in [0.4, 0.5) is 10.3 Å². The molecule has 0 fully saturated rings. The molecule has 17 heavy (non-hydrogen) atoms. The average Bonchev–Trinajstić information content (AvgIpc) is 2.25. The maximum atomic E-state index is 12.9. The fraction of sp³-hybridized carbons (Fsp3) is 0.182. The third-order valence-corrected chi connectivity index (χ3v) is 2.96. The Hall–Kier alpha value is -1.69. The number of nitrogen functional groups attached to an aromatic ring is 1. The SMILES string of the molecule is Cc1nc(N)nc(CSc2cccc(F)c2)n1. The predicted molar refractivity (Wildman–Crippen MR) is 64.9 cm³/mol. The van der Waals surface area contributed by atoms with Crippen molar-refractivity contribution in [2.24, 2.45) is 0 Å². The second-order valence-corrected chi connectivity index (χ2v) is 4.45. The molecule has 1 aromatic carbocycles. The number of halogens is 1. The van der Waals surface area contributed by atoms with E-state index < -0.39 is 0 Å². The number of aromatic nitrogens is 3. The van der Waals surface area contributed by atoms with Gasteiger partial charge >= 0.3 is 0 Å². The Bertz CT molecular complexity index is 512. The van der Waals surface area contributed by atoms with E-state index in [9.17, 15) is 4.39 Å². The Morgan fingerprint density at radius 1 is 1.29 bits per heavy atom. The summed E-state index contributed by atoms with van der Waals surface area (Å²) >= 11 is 1.46. The maximum absolute atomic E-state index is 12.9. The zero-order valence-electron chi connectivity index (χ0n) is 9.22. The quantitative estimate of drug-likeness (QED) is 0.846. The van der Waals surface area contributed by atoms with Gasteiger partial charge in [-0.1, -0.05) is 6.07 Å². The summed E-state index contributed by atoms with van der Waals surface area (Å²) in [4.78, 5) is 12.9. The molecule has 2 rings (SSSR count). The van der Waals surface area contributed by atoms with Gasteiger partial charge in [0.25, 0.3) is 0 Å². The average molecular weight is 250 g/mol. The smallest absolute Gasteiger partial charge is 0.223 e. The van der Waals surface area contributed by atoms with Crippen LogP contribution in [0.25, 0.3) is 0 Å². The van der Waals surface area contributed by atoms with E-state index >= 15 is 0 Å². The van der Waals surface area contributed by atoms with Gasteiger partial charge in [-0.3, -0.25) is 0 Å². The van der Waals surface area contributed by atoms with Gasteiger partial charge in [0.1, 0.15) is 17.5 Å². The van der Waals surface area contributed by atoms with Gasteiger partial charge in [0, 0.05) is 4.90 Å². The minimum atomic E-state index is -0.249. The molecular weight excluding hydrogens is 239 g/mol. The molecule has 0 amide bonds. The van der Waals surface area contributed by atoms with Crippen LogP contribution >= 0.6 is 11.8 Å². The number of aryl methyl sites for hydroxylation is 1. The highest BCUT2D eigenvalue weighted by Gasteiger charge is 2.03. The van der Waals surface area contributed by atoms with Gasteiger partial charge in [0.05, 0.1) is 5.75 Å². The van der Waals surface area contributed by atoms with E-state index in [1.165, 1.54) is 23.9 Å². The van der Waals surface area contributed by atoms with Crippen molar-refractivity contribution < 1.29 is 4.39 Å². The monoisotopic (exact) mass is 250 g/mol. The van der Waals surface area contributed by atoms with Gasteiger partial charge < -0.3 is 5.73 Å². The minimum absolute atomic E-state index is 0.215. The van der Waals surface area contributed by atoms with Crippen LogP contribution < -0.4 is 5.73 Å². The van der Waals surface area contributed by atoms with Crippen molar-refractivity contribution in [3.8, 4) is 0 Å². The molecule has 0 radical (unpaired) electrons. The third kappa shape index (κ3) is 3.39. The Kier molecular flexibility index (Phi) is 3.53. The third-order valence-electron chi connectivity index (χ3n) is 1.97. The van der Waals surface area contributed by atoms with E-state index in [4.69, 9.17) is 5.73 Å². The molecular formula is C11H11FN4S. The molecule has 0 aliphatic carbocycles. The second kappa shape index (κ2) is 5.09. The van der Waals surface area contributed by atoms with Crippen LogP contribution in [0, 0.1) is 12.7 Å². The van der Waals surface area contributed by atoms with Crippen molar-refractivity contribution in [2.75, 3.05) is 5.73 Å². The van der Waals surface area contributed by atoms with Crippen molar-refractivity contribution in [1.82, 2.24) is 15.0 Å². The molecule has 4 nitrogen and oxygen atoms in total. The van der Waals surface area contributed by atoms with E-state index in [2.05, 4.69) is 15.0 Å². The topological polar surface area (TPSA) is 64.7 Å². The molecule has 0 aliphatic rings. The van der Waals surface area contributed by atoms with Crippen molar-refractivity contribution >= 4 is 17.7 Å². The van der Waals surface area contributed by atoms with E-state index in [0.717, 1.165) is 4.90 Å². The lowest BCUT2D eigenvalue weighted by Gasteiger charge is -2.02. The van der Waals surface area contributed by atoms with Crippen molar-refractivity contribution in [3.05, 3.63) is 41.7 Å². The summed E-state index contributed by atoms with van der Waals surface area (Å²) in [6.07, 6.45) is 0. The van der Waals surface area contributed by atoms with Gasteiger partial charge in [0.2, 0.25) is 5.95 Å². The van der Waals surface area contributed by atoms with Gasteiger partial charge in [-0.2, -0.15) is 9.97 Å². The first kappa shape index (κ1) is 11.8. The van der Waals surface area contributed by atoms with Gasteiger partial charge in [-0.25, -0.2) is 9.37 Å². The van der Waals surface area contributed by atoms with E-state index in [1.54, 1.807) is 13.0 Å². The summed E-state index contributed by atoms with van der Waals surface area (Å²) in [6.45, 7) is 1.76. The summed E-state index contributed by atoms with van der Waals surface area (Å²) in [5, 5.41) is 0. The van der Waals surface area contributed by atoms with Crippen LogP contribution in [0.5, 0.6) is 0 Å². The highest BCUT2D eigenvalue weighted by atomic mass is 32.2. The van der Waals surface area contributed by atoms with Crippen LogP contribution in [0.2, 0.25) is 0 Å². The van der Waals surface area contributed by atoms with Gasteiger partial charge in [-0.05, 0) is 25.1 Å². The molecule has 0 atom stereocenters. The molecule has 88 valence electrons. The lowest BCUT2D eigenvalue weighted by molar-refractivity contribution is 0.624. The molecule has 1 heterocycles. The first-order chi connectivity index (χ1) is 8.13. The van der Waals surface area contributed by atoms with Crippen LogP contribution in [0.15, 0.2) is 29.2 Å². The van der Waals surface area contributed by atoms with Crippen LogP contribution in [-0.4, -0.2) is 15.0 Å². The second-order valence-electron chi connectivity index (χ2n) is 3.40. The summed E-state index contributed by atoms with van der Waals surface area (Å²) in [5.74, 6) is 1.70. The Morgan fingerprint density at radius 3 is 2.82 bits per heavy atom. The molecule has 0 aliphatic heterocycles. The number of anilines is 1. The molecule has 0 saturated heterocycles. The Morgan fingerprint density at radius 2 is 2.12 bits per heavy atom. The predicted octanol–water partition coefficient (Wildman–Crippen LogP) is 2.19.